The van der Waals surface area contributed by atoms with Gasteiger partial charge < -0.3 is 9.88 Å². The number of imidazole rings is 1. The van der Waals surface area contributed by atoms with E-state index in [0.29, 0.717) is 39.6 Å². The van der Waals surface area contributed by atoms with Crippen molar-refractivity contribution in [3.8, 4) is 22.5 Å². The summed E-state index contributed by atoms with van der Waals surface area (Å²) < 4.78 is 57.3. The lowest BCUT2D eigenvalue weighted by atomic mass is 10.0. The van der Waals surface area contributed by atoms with Crippen LogP contribution in [0.25, 0.3) is 33.5 Å². The number of hydrogen-bond donors (Lipinski definition) is 1. The van der Waals surface area contributed by atoms with Crippen molar-refractivity contribution in [1.29, 1.82) is 0 Å². The summed E-state index contributed by atoms with van der Waals surface area (Å²) in [5.41, 5.74) is 2.00. The Hall–Kier alpha value is -3.62. The van der Waals surface area contributed by atoms with E-state index in [1.54, 1.807) is 22.8 Å². The number of carbonyl (C=O) groups excluding carboxylic acids is 1. The van der Waals surface area contributed by atoms with E-state index in [4.69, 9.17) is 0 Å². The van der Waals surface area contributed by atoms with Crippen LogP contribution in [0.2, 0.25) is 0 Å². The zero-order chi connectivity index (χ0) is 22.3. The maximum absolute atomic E-state index is 14.5. The van der Waals surface area contributed by atoms with Gasteiger partial charge in [-0.2, -0.15) is 8.78 Å². The van der Waals surface area contributed by atoms with Crippen LogP contribution in [-0.4, -0.2) is 27.1 Å². The molecule has 31 heavy (non-hydrogen) atoms. The zero-order valence-electron chi connectivity index (χ0n) is 16.7. The smallest absolute Gasteiger partial charge is 0.318 e. The molecule has 1 amide bonds. The van der Waals surface area contributed by atoms with Crippen LogP contribution in [0.3, 0.4) is 0 Å². The normalized spacial score (nSPS) is 11.5. The van der Waals surface area contributed by atoms with Crippen LogP contribution in [0.15, 0.2) is 48.8 Å². The van der Waals surface area contributed by atoms with Gasteiger partial charge in [0.1, 0.15) is 17.5 Å². The Labute approximate surface area is 174 Å². The van der Waals surface area contributed by atoms with Gasteiger partial charge in [-0.15, -0.1) is 0 Å². The molecule has 5 nitrogen and oxygen atoms in total. The number of aryl methyl sites for hydroxylation is 1. The average Bonchev–Trinajstić information content (AvgIpc) is 3.34. The van der Waals surface area contributed by atoms with Crippen LogP contribution in [0, 0.1) is 11.6 Å². The predicted molar refractivity (Wildman–Crippen MR) is 109 cm³/mol. The topological polar surface area (TPSA) is 51.9 Å². The summed E-state index contributed by atoms with van der Waals surface area (Å²) in [6, 6.07) is 7.96. The molecule has 0 aliphatic heterocycles. The first-order chi connectivity index (χ1) is 14.8. The molecule has 0 unspecified atom stereocenters. The molecule has 2 heterocycles. The van der Waals surface area contributed by atoms with Crippen LogP contribution in [0.1, 0.15) is 23.8 Å². The second-order valence-corrected chi connectivity index (χ2v) is 6.90. The van der Waals surface area contributed by atoms with Gasteiger partial charge in [0.05, 0.1) is 11.0 Å². The molecule has 2 aromatic carbocycles. The first-order valence-corrected chi connectivity index (χ1v) is 9.51. The van der Waals surface area contributed by atoms with Gasteiger partial charge >= 0.3 is 6.55 Å². The van der Waals surface area contributed by atoms with Gasteiger partial charge in [0.15, 0.2) is 0 Å². The largest absolute Gasteiger partial charge is 0.355 e. The molecule has 0 fully saturated rings. The van der Waals surface area contributed by atoms with Crippen molar-refractivity contribution in [1.82, 2.24) is 19.4 Å². The molecule has 0 aliphatic rings. The fourth-order valence-corrected chi connectivity index (χ4v) is 3.63. The number of carbonyl (C=O) groups is 1. The lowest BCUT2D eigenvalue weighted by molar-refractivity contribution is 0.0708. The first-order valence-electron chi connectivity index (χ1n) is 9.51. The molecule has 4 rings (SSSR count). The van der Waals surface area contributed by atoms with E-state index < -0.39 is 18.2 Å². The maximum atomic E-state index is 14.5. The number of aromatic nitrogens is 3. The molecule has 2 aromatic heterocycles. The van der Waals surface area contributed by atoms with Gasteiger partial charge in [-0.05, 0) is 37.3 Å². The van der Waals surface area contributed by atoms with Gasteiger partial charge in [-0.1, -0.05) is 0 Å². The molecule has 0 bridgehead atoms. The third kappa shape index (κ3) is 3.56. The molecule has 0 aliphatic carbocycles. The minimum absolute atomic E-state index is 0.0171. The molecule has 160 valence electrons. The Morgan fingerprint density at radius 2 is 1.81 bits per heavy atom. The van der Waals surface area contributed by atoms with E-state index in [9.17, 15) is 22.4 Å². The minimum Gasteiger partial charge on any atom is -0.355 e. The highest BCUT2D eigenvalue weighted by atomic mass is 19.3. The van der Waals surface area contributed by atoms with Crippen LogP contribution in [-0.2, 0) is 6.54 Å². The van der Waals surface area contributed by atoms with Crippen molar-refractivity contribution in [2.45, 2.75) is 20.0 Å². The zero-order valence-corrected chi connectivity index (χ0v) is 16.7. The molecule has 9 heteroatoms. The Kier molecular flexibility index (Phi) is 5.26. The predicted octanol–water partition coefficient (Wildman–Crippen LogP) is 5.22. The van der Waals surface area contributed by atoms with Crippen molar-refractivity contribution in [2.24, 2.45) is 0 Å². The Bertz CT molecular complexity index is 1290. The molecule has 0 radical (unpaired) electrons. The molecular weight excluding hydrogens is 412 g/mol. The Balaban J connectivity index is 1.97. The molecular formula is C22H18F4N4O. The van der Waals surface area contributed by atoms with Crippen molar-refractivity contribution < 1.29 is 22.4 Å². The highest BCUT2D eigenvalue weighted by Gasteiger charge is 2.22. The van der Waals surface area contributed by atoms with Crippen LogP contribution >= 0.6 is 0 Å². The number of amides is 1. The molecule has 0 spiro atoms. The molecule has 0 saturated carbocycles. The highest BCUT2D eigenvalue weighted by molar-refractivity contribution is 5.98. The molecule has 0 saturated heterocycles. The molecule has 4 aromatic rings. The van der Waals surface area contributed by atoms with Crippen molar-refractivity contribution >= 4 is 16.9 Å². The number of benzene rings is 2. The highest BCUT2D eigenvalue weighted by Crippen LogP contribution is 2.37. The van der Waals surface area contributed by atoms with Crippen LogP contribution in [0.4, 0.5) is 17.6 Å². The van der Waals surface area contributed by atoms with Crippen molar-refractivity contribution in [2.75, 3.05) is 7.05 Å². The molecule has 0 atom stereocenters. The monoisotopic (exact) mass is 430 g/mol. The second-order valence-electron chi connectivity index (χ2n) is 6.90. The van der Waals surface area contributed by atoms with Gasteiger partial charge in [0.25, 0.3) is 5.91 Å². The summed E-state index contributed by atoms with van der Waals surface area (Å²) in [5.74, 6) is -1.58. The van der Waals surface area contributed by atoms with E-state index in [2.05, 4.69) is 10.3 Å². The summed E-state index contributed by atoms with van der Waals surface area (Å²) in [4.78, 5) is 16.5. The van der Waals surface area contributed by atoms with Crippen molar-refractivity contribution in [3.05, 3.63) is 66.0 Å². The van der Waals surface area contributed by atoms with Crippen LogP contribution < -0.4 is 5.32 Å². The molecule has 1 N–H and O–H groups in total. The quantitative estimate of drug-likeness (QED) is 0.441. The third-order valence-corrected chi connectivity index (χ3v) is 5.09. The summed E-state index contributed by atoms with van der Waals surface area (Å²) in [6.07, 6.45) is 2.31. The average molecular weight is 430 g/mol. The number of alkyl halides is 2. The Morgan fingerprint density at radius 1 is 1.06 bits per heavy atom. The second kappa shape index (κ2) is 7.90. The van der Waals surface area contributed by atoms with E-state index in [1.165, 1.54) is 19.3 Å². The number of fused-ring (bicyclic) bond motifs is 1. The van der Waals surface area contributed by atoms with E-state index in [1.807, 2.05) is 6.92 Å². The van der Waals surface area contributed by atoms with Gasteiger partial charge in [0, 0.05) is 54.3 Å². The van der Waals surface area contributed by atoms with E-state index >= 15 is 0 Å². The van der Waals surface area contributed by atoms with E-state index in [-0.39, 0.29) is 22.6 Å². The number of halogens is 4. The number of nitrogens with zero attached hydrogens (tertiary/aromatic N) is 3. The number of nitrogens with one attached hydrogen (secondary N) is 1. The lowest BCUT2D eigenvalue weighted by Gasteiger charge is -2.08. The standard InChI is InChI=1S/C22H18F4N4O/c1-3-30-19-7-4-12(21(31)27-2)8-18(19)28-20(30)16-11-29(22(25)26)10-15(16)14-6-5-13(23)9-17(14)24/h4-11,22H,3H2,1-2H3,(H,27,31). The summed E-state index contributed by atoms with van der Waals surface area (Å²) >= 11 is 0. The first kappa shape index (κ1) is 20.6. The van der Waals surface area contributed by atoms with Crippen LogP contribution in [0.5, 0.6) is 0 Å². The van der Waals surface area contributed by atoms with Gasteiger partial charge in [-0.3, -0.25) is 9.36 Å². The van der Waals surface area contributed by atoms with Crippen molar-refractivity contribution in [3.63, 3.8) is 0 Å². The fourth-order valence-electron chi connectivity index (χ4n) is 3.63. The summed E-state index contributed by atoms with van der Waals surface area (Å²) in [5, 5.41) is 2.54. The number of hydrogen-bond acceptors (Lipinski definition) is 2. The number of rotatable bonds is 5. The Morgan fingerprint density at radius 3 is 2.45 bits per heavy atom. The van der Waals surface area contributed by atoms with Gasteiger partial charge in [-0.25, -0.2) is 13.8 Å². The third-order valence-electron chi connectivity index (χ3n) is 5.09. The summed E-state index contributed by atoms with van der Waals surface area (Å²) in [7, 11) is 1.51. The van der Waals surface area contributed by atoms with Gasteiger partial charge in [0.2, 0.25) is 0 Å². The van der Waals surface area contributed by atoms with E-state index in [0.717, 1.165) is 12.3 Å². The summed E-state index contributed by atoms with van der Waals surface area (Å²) in [6.45, 7) is -0.536. The maximum Gasteiger partial charge on any atom is 0.318 e. The minimum atomic E-state index is -2.85. The fraction of sp³-hybridized carbons (Fsp3) is 0.182. The lowest BCUT2D eigenvalue weighted by Crippen LogP contribution is -2.17. The SMILES string of the molecule is CCn1c(-c2cn(C(F)F)cc2-c2ccc(F)cc2F)nc2cc(C(=O)NC)ccc21.